The molecule has 0 spiro atoms. The third-order valence-electron chi connectivity index (χ3n) is 12.5. The molecule has 2 atom stereocenters. The monoisotopic (exact) mass is 1120 g/mol. The highest BCUT2D eigenvalue weighted by Crippen LogP contribution is 2.51. The van der Waals surface area contributed by atoms with Crippen LogP contribution in [0.15, 0.2) is 94.4 Å². The van der Waals surface area contributed by atoms with Crippen LogP contribution in [-0.2, 0) is 89.5 Å². The highest BCUT2D eigenvalue weighted by molar-refractivity contribution is 7.86. The molecule has 2 aromatic rings. The Morgan fingerprint density at radius 3 is 1.78 bits per heavy atom. The van der Waals surface area contributed by atoms with Crippen molar-refractivity contribution in [3.05, 3.63) is 95.8 Å². The molecule has 2 amide bonds. The number of nitrogens with zero attached hydrogens (tertiary/aromatic N) is 3. The Morgan fingerprint density at radius 2 is 1.20 bits per heavy atom. The first-order valence-corrected chi connectivity index (χ1v) is 29.4. The maximum Gasteiger partial charge on any atom is 0.335 e. The average molecular weight is 1120 g/mol. The van der Waals surface area contributed by atoms with Gasteiger partial charge in [0.15, 0.2) is 12.3 Å². The zero-order valence-electron chi connectivity index (χ0n) is 41.0. The van der Waals surface area contributed by atoms with Gasteiger partial charge in [-0.25, -0.2) is 4.79 Å². The quantitative estimate of drug-likeness (QED) is 0.0283. The summed E-state index contributed by atoms with van der Waals surface area (Å²) in [5.74, 6) is -3.08. The second-order valence-electron chi connectivity index (χ2n) is 17.7. The Morgan fingerprint density at radius 1 is 0.676 bits per heavy atom. The summed E-state index contributed by atoms with van der Waals surface area (Å²) in [6, 6.07) is 8.25. The Balaban J connectivity index is 1.33. The summed E-state index contributed by atoms with van der Waals surface area (Å²) in [6.45, 7) is 5.08. The molecule has 3 aliphatic rings. The van der Waals surface area contributed by atoms with Crippen molar-refractivity contribution in [2.75, 3.05) is 82.9 Å². The number of amides is 2. The number of fused-ring (bicyclic) bond motifs is 2. The molecule has 0 radical (unpaired) electrons. The molecule has 0 aromatic heterocycles. The first-order valence-electron chi connectivity index (χ1n) is 23.3. The maximum atomic E-state index is 12.3. The van der Waals surface area contributed by atoms with E-state index in [1.807, 2.05) is 9.48 Å². The van der Waals surface area contributed by atoms with Crippen LogP contribution in [0.1, 0.15) is 69.9 Å². The van der Waals surface area contributed by atoms with Crippen LogP contribution in [0.4, 0.5) is 11.4 Å². The number of rotatable bonds is 30. The number of ether oxygens (including phenoxy) is 4. The Hall–Kier alpha value is -5.04. The molecule has 0 saturated carbocycles. The normalized spacial score (nSPS) is 20.1. The van der Waals surface area contributed by atoms with Gasteiger partial charge in [0.05, 0.1) is 72.8 Å². The van der Waals surface area contributed by atoms with Gasteiger partial charge in [-0.3, -0.25) is 27.8 Å². The second kappa shape index (κ2) is 25.7. The lowest BCUT2D eigenvalue weighted by Gasteiger charge is -2.30. The molecule has 4 N–H and O–H groups in total. The van der Waals surface area contributed by atoms with Crippen LogP contribution in [0.3, 0.4) is 0 Å². The Kier molecular flexibility index (Phi) is 20.8. The number of hydrogen-bond donors (Lipinski definition) is 4. The van der Waals surface area contributed by atoms with Crippen LogP contribution in [0.25, 0.3) is 0 Å². The topological polar surface area (TPSA) is 324 Å². The third kappa shape index (κ3) is 16.2. The molecule has 2 aromatic carbocycles. The fourth-order valence-electron chi connectivity index (χ4n) is 8.94. The van der Waals surface area contributed by atoms with E-state index in [0.29, 0.717) is 45.5 Å². The number of benzene rings is 2. The van der Waals surface area contributed by atoms with Crippen molar-refractivity contribution in [1.29, 1.82) is 0 Å². The van der Waals surface area contributed by atoms with Crippen molar-refractivity contribution in [3.63, 3.8) is 0 Å². The zero-order chi connectivity index (χ0) is 54.5. The largest absolute Gasteiger partial charge is 0.383 e. The molecule has 1 saturated heterocycles. The van der Waals surface area contributed by atoms with Gasteiger partial charge >= 0.3 is 5.97 Å². The third-order valence-corrected chi connectivity index (χ3v) is 15.8. The summed E-state index contributed by atoms with van der Waals surface area (Å²) >= 11 is 0. The highest BCUT2D eigenvalue weighted by atomic mass is 32.2. The van der Waals surface area contributed by atoms with Crippen molar-refractivity contribution >= 4 is 75.3 Å². The molecular formula is C47H62N3O20S4+. The summed E-state index contributed by atoms with van der Waals surface area (Å²) in [6.07, 6.45) is 12.1. The fourth-order valence-corrected chi connectivity index (χ4v) is 11.0. The summed E-state index contributed by atoms with van der Waals surface area (Å²) in [7, 11) is -16.4. The van der Waals surface area contributed by atoms with Gasteiger partial charge in [-0.2, -0.15) is 38.2 Å². The van der Waals surface area contributed by atoms with Crippen LogP contribution in [0.2, 0.25) is 0 Å². The fraction of sp³-hybridized carbons (Fsp3) is 0.489. The first kappa shape index (κ1) is 59.8. The number of methoxy groups -OCH3 is 1. The number of imide groups is 1. The van der Waals surface area contributed by atoms with Crippen LogP contribution >= 0.6 is 0 Å². The summed E-state index contributed by atoms with van der Waals surface area (Å²) < 4.78 is 159. The number of allylic oxidation sites excluding steroid dienone is 8. The van der Waals surface area contributed by atoms with Gasteiger partial charge in [0.1, 0.15) is 6.61 Å². The molecule has 23 nitrogen and oxygen atoms in total. The van der Waals surface area contributed by atoms with E-state index in [-0.39, 0.29) is 108 Å². The standard InChI is InChI=1S/C47H61N3O20S4/c1-46(20-9-31-71(54,55)56)37-33-35(73(60,61)62)13-15-39(37)48(22-25-66-3)41(46)11-7-5-4-6-8-12-42-47(2,21-10-32-72(57,58)59)38-34-36(74(63,64)65)14-16-40(38)49(42)23-26-68-28-30-69-29-27-67-24-19-45(53)70-50-43(51)17-18-44(50)52/h4-8,11-16,33-34H,9-10,17-32H2,1-3H3,(H3-,54,55,56,57,58,59,60,61,62,63,64,65)/p+1. The van der Waals surface area contributed by atoms with Gasteiger partial charge in [0.25, 0.3) is 52.3 Å². The van der Waals surface area contributed by atoms with E-state index in [1.54, 1.807) is 62.4 Å². The smallest absolute Gasteiger partial charge is 0.335 e. The van der Waals surface area contributed by atoms with E-state index in [0.717, 1.165) is 0 Å². The lowest BCUT2D eigenvalue weighted by molar-refractivity contribution is -0.442. The molecule has 27 heteroatoms. The van der Waals surface area contributed by atoms with Crippen molar-refractivity contribution in [3.8, 4) is 0 Å². The minimum Gasteiger partial charge on any atom is -0.383 e. The van der Waals surface area contributed by atoms with E-state index in [2.05, 4.69) is 0 Å². The van der Waals surface area contributed by atoms with Crippen LogP contribution in [-0.4, -0.2) is 163 Å². The SMILES string of the molecule is COCCN1C(=CC=CC=CC=CC2=[N+](CCOCCOCCOCCC(=O)ON3C(=O)CCC3=O)c3ccc(S(=O)(=O)O)cc3C2(C)CCCS(=O)(=O)O)C(C)(CCCS(=O)(=O)O)c2cc(S(=O)(=O)O)ccc21. The van der Waals surface area contributed by atoms with Crippen molar-refractivity contribution in [2.24, 2.45) is 0 Å². The molecule has 0 bridgehead atoms. The minimum absolute atomic E-state index is 0.0128. The molecule has 3 aliphatic heterocycles. The van der Waals surface area contributed by atoms with E-state index >= 15 is 0 Å². The zero-order valence-corrected chi connectivity index (χ0v) is 44.3. The van der Waals surface area contributed by atoms with Gasteiger partial charge < -0.3 is 28.7 Å². The van der Waals surface area contributed by atoms with Gasteiger partial charge in [-0.05, 0) is 81.5 Å². The lowest BCUT2D eigenvalue weighted by atomic mass is 9.76. The molecule has 74 heavy (non-hydrogen) atoms. The molecular weight excluding hydrogens is 1050 g/mol. The lowest BCUT2D eigenvalue weighted by Crippen LogP contribution is -2.32. The highest BCUT2D eigenvalue weighted by Gasteiger charge is 2.48. The molecule has 1 fully saturated rings. The van der Waals surface area contributed by atoms with Crippen LogP contribution in [0.5, 0.6) is 0 Å². The molecule has 3 heterocycles. The molecule has 5 rings (SSSR count). The number of hydroxylamine groups is 2. The summed E-state index contributed by atoms with van der Waals surface area (Å²) in [5.41, 5.74) is 1.34. The molecule has 2 unspecified atom stereocenters. The van der Waals surface area contributed by atoms with E-state index in [4.69, 9.17) is 23.8 Å². The van der Waals surface area contributed by atoms with Crippen molar-refractivity contribution < 1.29 is 94.6 Å². The number of carbonyl (C=O) groups excluding carboxylic acids is 3. The summed E-state index contributed by atoms with van der Waals surface area (Å²) in [4.78, 5) is 41.2. The second-order valence-corrected chi connectivity index (χ2v) is 23.7. The predicted molar refractivity (Wildman–Crippen MR) is 267 cm³/mol. The number of anilines is 1. The average Bonchev–Trinajstić information content (AvgIpc) is 3.83. The van der Waals surface area contributed by atoms with Crippen LogP contribution < -0.4 is 4.90 Å². The van der Waals surface area contributed by atoms with E-state index < -0.39 is 80.6 Å². The van der Waals surface area contributed by atoms with Gasteiger partial charge in [0.2, 0.25) is 5.69 Å². The van der Waals surface area contributed by atoms with E-state index in [9.17, 15) is 66.3 Å². The Bertz CT molecular complexity index is 3010. The number of hydrogen-bond acceptors (Lipinski definition) is 17. The van der Waals surface area contributed by atoms with Crippen LogP contribution in [0, 0.1) is 0 Å². The van der Waals surface area contributed by atoms with Gasteiger partial charge in [-0.15, -0.1) is 5.06 Å². The maximum absolute atomic E-state index is 12.3. The number of carbonyl (C=O) groups is 3. The molecule has 408 valence electrons. The minimum atomic E-state index is -4.66. The van der Waals surface area contributed by atoms with Crippen molar-refractivity contribution in [2.45, 2.75) is 79.4 Å². The van der Waals surface area contributed by atoms with Gasteiger partial charge in [-0.1, -0.05) is 30.4 Å². The summed E-state index contributed by atoms with van der Waals surface area (Å²) in [5, 5.41) is 0.462. The predicted octanol–water partition coefficient (Wildman–Crippen LogP) is 3.90. The van der Waals surface area contributed by atoms with E-state index in [1.165, 1.54) is 37.4 Å². The Labute approximate surface area is 431 Å². The van der Waals surface area contributed by atoms with Crippen molar-refractivity contribution in [1.82, 2.24) is 5.06 Å². The van der Waals surface area contributed by atoms with Gasteiger partial charge in [0, 0.05) is 61.0 Å². The molecule has 0 aliphatic carbocycles. The first-order chi connectivity index (χ1) is 34.7.